The molecule has 0 aliphatic heterocycles. The van der Waals surface area contributed by atoms with Gasteiger partial charge in [-0.15, -0.1) is 0 Å². The van der Waals surface area contributed by atoms with Crippen molar-refractivity contribution in [2.24, 2.45) is 0 Å². The van der Waals surface area contributed by atoms with Crippen molar-refractivity contribution in [1.82, 2.24) is 15.1 Å². The number of esters is 1. The average Bonchev–Trinajstić information content (AvgIpc) is 2.61. The average molecular weight is 255 g/mol. The lowest BCUT2D eigenvalue weighted by Crippen LogP contribution is -2.19. The van der Waals surface area contributed by atoms with Crippen molar-refractivity contribution in [3.8, 4) is 0 Å². The summed E-state index contributed by atoms with van der Waals surface area (Å²) >= 11 is 0. The molecule has 0 amide bonds. The summed E-state index contributed by atoms with van der Waals surface area (Å²) in [7, 11) is 3.05. The van der Waals surface area contributed by atoms with Crippen LogP contribution < -0.4 is 5.32 Å². The third kappa shape index (κ3) is 3.82. The van der Waals surface area contributed by atoms with Crippen molar-refractivity contribution in [3.63, 3.8) is 0 Å². The number of rotatable bonds is 7. The number of carbonyl (C=O) groups is 1. The molecular weight excluding hydrogens is 234 g/mol. The minimum absolute atomic E-state index is 0.154. The predicted octanol–water partition coefficient (Wildman–Crippen LogP) is 0.409. The standard InChI is InChI=1S/C12H21N3O3/c1-9-11(7-13-5-6-17-3)10(2)15(14-9)8-12(16)18-4/h13H,5-8H2,1-4H3. The molecule has 0 aliphatic carbocycles. The van der Waals surface area contributed by atoms with E-state index in [2.05, 4.69) is 15.2 Å². The first kappa shape index (κ1) is 14.7. The lowest BCUT2D eigenvalue weighted by Gasteiger charge is -2.06. The Balaban J connectivity index is 2.65. The molecule has 1 N–H and O–H groups in total. The molecule has 18 heavy (non-hydrogen) atoms. The Morgan fingerprint density at radius 1 is 1.39 bits per heavy atom. The number of nitrogens with one attached hydrogen (secondary N) is 1. The van der Waals surface area contributed by atoms with Gasteiger partial charge in [0, 0.05) is 31.5 Å². The van der Waals surface area contributed by atoms with Gasteiger partial charge in [0.2, 0.25) is 0 Å². The van der Waals surface area contributed by atoms with Crippen LogP contribution in [-0.4, -0.2) is 43.1 Å². The summed E-state index contributed by atoms with van der Waals surface area (Å²) < 4.78 is 11.3. The van der Waals surface area contributed by atoms with E-state index < -0.39 is 0 Å². The first-order valence-corrected chi connectivity index (χ1v) is 5.89. The second-order valence-corrected chi connectivity index (χ2v) is 4.05. The minimum Gasteiger partial charge on any atom is -0.468 e. The van der Waals surface area contributed by atoms with Gasteiger partial charge >= 0.3 is 5.97 Å². The maximum atomic E-state index is 11.2. The molecule has 0 aliphatic rings. The van der Waals surface area contributed by atoms with E-state index in [0.29, 0.717) is 6.61 Å². The molecular formula is C12H21N3O3. The highest BCUT2D eigenvalue weighted by molar-refractivity contribution is 5.69. The molecule has 0 atom stereocenters. The van der Waals surface area contributed by atoms with Crippen LogP contribution in [0.25, 0.3) is 0 Å². The Kier molecular flexibility index (Phi) is 5.80. The fourth-order valence-corrected chi connectivity index (χ4v) is 1.72. The highest BCUT2D eigenvalue weighted by Crippen LogP contribution is 2.12. The summed E-state index contributed by atoms with van der Waals surface area (Å²) in [5, 5.41) is 7.61. The predicted molar refractivity (Wildman–Crippen MR) is 67.3 cm³/mol. The fraction of sp³-hybridized carbons (Fsp3) is 0.667. The topological polar surface area (TPSA) is 65.4 Å². The van der Waals surface area contributed by atoms with Gasteiger partial charge in [0.25, 0.3) is 0 Å². The van der Waals surface area contributed by atoms with Crippen molar-refractivity contribution < 1.29 is 14.3 Å². The molecule has 0 fully saturated rings. The first-order chi connectivity index (χ1) is 8.60. The van der Waals surface area contributed by atoms with E-state index in [1.165, 1.54) is 7.11 Å². The second-order valence-electron chi connectivity index (χ2n) is 4.05. The van der Waals surface area contributed by atoms with E-state index in [1.807, 2.05) is 13.8 Å². The van der Waals surface area contributed by atoms with Crippen molar-refractivity contribution in [2.75, 3.05) is 27.4 Å². The zero-order valence-corrected chi connectivity index (χ0v) is 11.4. The molecule has 0 spiro atoms. The zero-order chi connectivity index (χ0) is 13.5. The molecule has 1 rings (SSSR count). The Bertz CT molecular complexity index is 402. The van der Waals surface area contributed by atoms with E-state index in [0.717, 1.165) is 30.0 Å². The third-order valence-corrected chi connectivity index (χ3v) is 2.82. The number of hydrogen-bond acceptors (Lipinski definition) is 5. The lowest BCUT2D eigenvalue weighted by atomic mass is 10.2. The van der Waals surface area contributed by atoms with E-state index in [-0.39, 0.29) is 12.5 Å². The van der Waals surface area contributed by atoms with Crippen LogP contribution in [0.2, 0.25) is 0 Å². The quantitative estimate of drug-likeness (QED) is 0.564. The SMILES string of the molecule is COCCNCc1c(C)nn(CC(=O)OC)c1C. The Morgan fingerprint density at radius 3 is 2.72 bits per heavy atom. The minimum atomic E-state index is -0.292. The molecule has 1 aromatic heterocycles. The van der Waals surface area contributed by atoms with Gasteiger partial charge in [-0.1, -0.05) is 0 Å². The Hall–Kier alpha value is -1.40. The van der Waals surface area contributed by atoms with Crippen LogP contribution >= 0.6 is 0 Å². The smallest absolute Gasteiger partial charge is 0.327 e. The van der Waals surface area contributed by atoms with Crippen LogP contribution in [0.5, 0.6) is 0 Å². The van der Waals surface area contributed by atoms with Gasteiger partial charge in [-0.05, 0) is 13.8 Å². The van der Waals surface area contributed by atoms with E-state index in [9.17, 15) is 4.79 Å². The highest BCUT2D eigenvalue weighted by atomic mass is 16.5. The number of carbonyl (C=O) groups excluding carboxylic acids is 1. The molecule has 0 aromatic carbocycles. The summed E-state index contributed by atoms with van der Waals surface area (Å²) in [4.78, 5) is 11.2. The fourth-order valence-electron chi connectivity index (χ4n) is 1.72. The van der Waals surface area contributed by atoms with Crippen LogP contribution in [0.3, 0.4) is 0 Å². The van der Waals surface area contributed by atoms with Crippen LogP contribution in [0.15, 0.2) is 0 Å². The van der Waals surface area contributed by atoms with Crippen LogP contribution in [0, 0.1) is 13.8 Å². The maximum absolute atomic E-state index is 11.2. The molecule has 6 nitrogen and oxygen atoms in total. The van der Waals surface area contributed by atoms with Gasteiger partial charge < -0.3 is 14.8 Å². The molecule has 6 heteroatoms. The maximum Gasteiger partial charge on any atom is 0.327 e. The normalized spacial score (nSPS) is 10.7. The number of hydrogen-bond donors (Lipinski definition) is 1. The van der Waals surface area contributed by atoms with E-state index >= 15 is 0 Å². The van der Waals surface area contributed by atoms with Crippen LogP contribution in [-0.2, 0) is 27.4 Å². The summed E-state index contributed by atoms with van der Waals surface area (Å²) in [5.41, 5.74) is 3.04. The first-order valence-electron chi connectivity index (χ1n) is 5.89. The van der Waals surface area contributed by atoms with Gasteiger partial charge in [0.05, 0.1) is 19.4 Å². The monoisotopic (exact) mass is 255 g/mol. The Labute approximate surface area is 107 Å². The van der Waals surface area contributed by atoms with Crippen molar-refractivity contribution in [2.45, 2.75) is 26.9 Å². The molecule has 0 saturated heterocycles. The van der Waals surface area contributed by atoms with Crippen LogP contribution in [0.4, 0.5) is 0 Å². The van der Waals surface area contributed by atoms with Gasteiger partial charge in [0.1, 0.15) is 6.54 Å². The zero-order valence-electron chi connectivity index (χ0n) is 11.4. The van der Waals surface area contributed by atoms with E-state index in [4.69, 9.17) is 4.74 Å². The van der Waals surface area contributed by atoms with Crippen molar-refractivity contribution >= 4 is 5.97 Å². The molecule has 0 unspecified atom stereocenters. The molecule has 0 saturated carbocycles. The highest BCUT2D eigenvalue weighted by Gasteiger charge is 2.13. The molecule has 1 aromatic rings. The Morgan fingerprint density at radius 2 is 2.11 bits per heavy atom. The largest absolute Gasteiger partial charge is 0.468 e. The number of nitrogens with zero attached hydrogens (tertiary/aromatic N) is 2. The number of ether oxygens (including phenoxy) is 2. The molecule has 0 bridgehead atoms. The third-order valence-electron chi connectivity index (χ3n) is 2.82. The number of methoxy groups -OCH3 is 2. The number of aryl methyl sites for hydroxylation is 1. The summed E-state index contributed by atoms with van der Waals surface area (Å²) in [5.74, 6) is -0.292. The molecule has 102 valence electrons. The van der Waals surface area contributed by atoms with Gasteiger partial charge in [-0.25, -0.2) is 0 Å². The van der Waals surface area contributed by atoms with Gasteiger partial charge in [0.15, 0.2) is 0 Å². The van der Waals surface area contributed by atoms with Crippen molar-refractivity contribution in [1.29, 1.82) is 0 Å². The molecule has 0 radical (unpaired) electrons. The number of aromatic nitrogens is 2. The van der Waals surface area contributed by atoms with Gasteiger partial charge in [-0.3, -0.25) is 9.48 Å². The molecule has 1 heterocycles. The van der Waals surface area contributed by atoms with Gasteiger partial charge in [-0.2, -0.15) is 5.10 Å². The summed E-state index contributed by atoms with van der Waals surface area (Å²) in [6.07, 6.45) is 0. The summed E-state index contributed by atoms with van der Waals surface area (Å²) in [6.45, 7) is 6.24. The van der Waals surface area contributed by atoms with Crippen LogP contribution in [0.1, 0.15) is 17.0 Å². The van der Waals surface area contributed by atoms with E-state index in [1.54, 1.807) is 11.8 Å². The van der Waals surface area contributed by atoms with Crippen molar-refractivity contribution in [3.05, 3.63) is 17.0 Å². The lowest BCUT2D eigenvalue weighted by molar-refractivity contribution is -0.141. The summed E-state index contributed by atoms with van der Waals surface area (Å²) in [6, 6.07) is 0. The second kappa shape index (κ2) is 7.13.